The molecule has 0 aromatic heterocycles. The predicted molar refractivity (Wildman–Crippen MR) is 92.0 cm³/mol. The van der Waals surface area contributed by atoms with Gasteiger partial charge in [0, 0.05) is 12.8 Å². The van der Waals surface area contributed by atoms with Gasteiger partial charge in [0.25, 0.3) is 0 Å². The van der Waals surface area contributed by atoms with Gasteiger partial charge in [0.15, 0.2) is 0 Å². The molecule has 3 atom stereocenters. The van der Waals surface area contributed by atoms with Gasteiger partial charge in [-0.3, -0.25) is 4.79 Å². The van der Waals surface area contributed by atoms with E-state index in [0.29, 0.717) is 12.8 Å². The highest BCUT2D eigenvalue weighted by Gasteiger charge is 2.39. The average molecular weight is 347 g/mol. The zero-order chi connectivity index (χ0) is 18.4. The highest BCUT2D eigenvalue weighted by atomic mass is 16.6. The number of carbonyl (C=O) groups is 3. The van der Waals surface area contributed by atoms with Crippen molar-refractivity contribution in [2.45, 2.75) is 57.8 Å². The van der Waals surface area contributed by atoms with Gasteiger partial charge in [-0.15, -0.1) is 0 Å². The third kappa shape index (κ3) is 5.89. The van der Waals surface area contributed by atoms with Crippen molar-refractivity contribution in [3.63, 3.8) is 0 Å². The molecular weight excluding hydrogens is 322 g/mol. The number of amides is 1. The van der Waals surface area contributed by atoms with Crippen molar-refractivity contribution in [2.24, 2.45) is 5.92 Å². The molecule has 0 spiro atoms. The first kappa shape index (κ1) is 19.0. The maximum atomic E-state index is 12.2. The number of hydrogen-bond acceptors (Lipinski definition) is 5. The number of aldehydes is 1. The van der Waals surface area contributed by atoms with E-state index in [2.05, 4.69) is 5.32 Å². The summed E-state index contributed by atoms with van der Waals surface area (Å²) >= 11 is 0. The summed E-state index contributed by atoms with van der Waals surface area (Å²) in [5.74, 6) is -0.831. The highest BCUT2D eigenvalue weighted by Crippen LogP contribution is 2.27. The molecule has 1 aliphatic rings. The van der Waals surface area contributed by atoms with E-state index >= 15 is 0 Å². The monoisotopic (exact) mass is 347 g/mol. The average Bonchev–Trinajstić information content (AvgIpc) is 2.87. The number of nitrogens with one attached hydrogen (secondary N) is 1. The van der Waals surface area contributed by atoms with Crippen LogP contribution < -0.4 is 5.32 Å². The summed E-state index contributed by atoms with van der Waals surface area (Å²) in [6.07, 6.45) is 0.742. The fraction of sp³-hybridized carbons (Fsp3) is 0.526. The number of hydrogen-bond donors (Lipinski definition) is 1. The lowest BCUT2D eigenvalue weighted by Crippen LogP contribution is -2.46. The topological polar surface area (TPSA) is 81.7 Å². The predicted octanol–water partition coefficient (Wildman–Crippen LogP) is 2.64. The molecule has 1 aliphatic heterocycles. The zero-order valence-corrected chi connectivity index (χ0v) is 14.9. The van der Waals surface area contributed by atoms with Crippen LogP contribution in [-0.4, -0.2) is 36.1 Å². The van der Waals surface area contributed by atoms with Crippen molar-refractivity contribution < 1.29 is 23.9 Å². The lowest BCUT2D eigenvalue weighted by atomic mass is 9.94. The summed E-state index contributed by atoms with van der Waals surface area (Å²) < 4.78 is 10.7. The van der Waals surface area contributed by atoms with Crippen LogP contribution in [0, 0.1) is 5.92 Å². The normalized spacial score (nSPS) is 21.3. The summed E-state index contributed by atoms with van der Waals surface area (Å²) in [6, 6.07) is 9.21. The number of rotatable bonds is 6. The molecule has 1 aromatic carbocycles. The number of benzene rings is 1. The molecule has 1 unspecified atom stereocenters. The van der Waals surface area contributed by atoms with Crippen molar-refractivity contribution >= 4 is 18.3 Å². The number of cyclic esters (lactones) is 1. The van der Waals surface area contributed by atoms with Crippen molar-refractivity contribution in [3.05, 3.63) is 35.9 Å². The van der Waals surface area contributed by atoms with Crippen LogP contribution in [0.5, 0.6) is 0 Å². The molecule has 2 rings (SSSR count). The number of ether oxygens (including phenoxy) is 2. The van der Waals surface area contributed by atoms with E-state index in [1.165, 1.54) is 0 Å². The molecular formula is C19H25NO5. The fourth-order valence-corrected chi connectivity index (χ4v) is 2.83. The number of carbonyl (C=O) groups excluding carboxylic acids is 3. The quantitative estimate of drug-likeness (QED) is 0.632. The zero-order valence-electron chi connectivity index (χ0n) is 14.9. The molecule has 0 bridgehead atoms. The Hall–Kier alpha value is -2.37. The summed E-state index contributed by atoms with van der Waals surface area (Å²) in [5, 5.41) is 2.82. The minimum absolute atomic E-state index is 0.139. The molecule has 136 valence electrons. The fourth-order valence-electron chi connectivity index (χ4n) is 2.83. The first-order valence-electron chi connectivity index (χ1n) is 8.46. The molecule has 1 fully saturated rings. The van der Waals surface area contributed by atoms with Crippen LogP contribution in [0.1, 0.15) is 39.2 Å². The van der Waals surface area contributed by atoms with Gasteiger partial charge in [0.05, 0.1) is 12.0 Å². The van der Waals surface area contributed by atoms with E-state index in [0.717, 1.165) is 11.8 Å². The first-order valence-corrected chi connectivity index (χ1v) is 8.46. The Labute approximate surface area is 147 Å². The van der Waals surface area contributed by atoms with E-state index in [9.17, 15) is 14.4 Å². The second-order valence-electron chi connectivity index (χ2n) is 7.25. The molecule has 6 heteroatoms. The Bertz CT molecular complexity index is 608. The lowest BCUT2D eigenvalue weighted by Gasteiger charge is -2.26. The lowest BCUT2D eigenvalue weighted by molar-refractivity contribution is -0.145. The van der Waals surface area contributed by atoms with Gasteiger partial charge in [0.2, 0.25) is 0 Å². The Balaban J connectivity index is 2.10. The third-order valence-corrected chi connectivity index (χ3v) is 3.95. The maximum Gasteiger partial charge on any atom is 0.408 e. The van der Waals surface area contributed by atoms with E-state index in [-0.39, 0.29) is 12.4 Å². The minimum atomic E-state index is -0.617. The molecule has 1 N–H and O–H groups in total. The molecule has 0 radical (unpaired) electrons. The molecule has 0 aliphatic carbocycles. The van der Waals surface area contributed by atoms with Crippen molar-refractivity contribution in [3.8, 4) is 0 Å². The van der Waals surface area contributed by atoms with Gasteiger partial charge in [-0.05, 0) is 32.8 Å². The number of alkyl carbamates (subject to hydrolysis) is 1. The Morgan fingerprint density at radius 3 is 2.64 bits per heavy atom. The molecule has 1 saturated heterocycles. The largest absolute Gasteiger partial charge is 0.460 e. The van der Waals surface area contributed by atoms with Crippen molar-refractivity contribution in [1.29, 1.82) is 0 Å². The summed E-state index contributed by atoms with van der Waals surface area (Å²) in [5.41, 5.74) is 0.395. The van der Waals surface area contributed by atoms with Crippen LogP contribution in [0.15, 0.2) is 30.3 Å². The van der Waals surface area contributed by atoms with Crippen LogP contribution in [0.4, 0.5) is 4.79 Å². The summed E-state index contributed by atoms with van der Waals surface area (Å²) in [6.45, 7) is 5.36. The molecule has 0 saturated carbocycles. The van der Waals surface area contributed by atoms with Crippen molar-refractivity contribution in [1.82, 2.24) is 5.32 Å². The molecule has 1 amide bonds. The van der Waals surface area contributed by atoms with Gasteiger partial charge in [-0.1, -0.05) is 30.3 Å². The molecule has 1 heterocycles. The Kier molecular flexibility index (Phi) is 6.17. The van der Waals surface area contributed by atoms with Crippen LogP contribution in [-0.2, 0) is 25.5 Å². The maximum absolute atomic E-state index is 12.2. The van der Waals surface area contributed by atoms with E-state index in [1.807, 2.05) is 30.3 Å². The standard InChI is InChI=1S/C19H25NO5/c1-19(2,3)25-18(23)20-15(11-13-7-5-4-6-8-13)16-12-14(9-10-21)17(22)24-16/h4-8,10,14-16H,9,11-12H2,1-3H3,(H,20,23)/t14-,15?,16+/m1/s1. The molecule has 1 aromatic rings. The van der Waals surface area contributed by atoms with E-state index in [1.54, 1.807) is 20.8 Å². The van der Waals surface area contributed by atoms with Crippen molar-refractivity contribution in [2.75, 3.05) is 0 Å². The SMILES string of the molecule is CC(C)(C)OC(=O)NC(Cc1ccccc1)[C@@H]1C[C@@H](CC=O)C(=O)O1. The smallest absolute Gasteiger partial charge is 0.408 e. The van der Waals surface area contributed by atoms with Gasteiger partial charge in [-0.25, -0.2) is 4.79 Å². The molecule has 25 heavy (non-hydrogen) atoms. The van der Waals surface area contributed by atoms with Crippen LogP contribution in [0.2, 0.25) is 0 Å². The summed E-state index contributed by atoms with van der Waals surface area (Å²) in [7, 11) is 0. The second-order valence-corrected chi connectivity index (χ2v) is 7.25. The summed E-state index contributed by atoms with van der Waals surface area (Å²) in [4.78, 5) is 34.8. The van der Waals surface area contributed by atoms with E-state index in [4.69, 9.17) is 9.47 Å². The molecule has 6 nitrogen and oxygen atoms in total. The number of esters is 1. The van der Waals surface area contributed by atoms with Crippen LogP contribution in [0.25, 0.3) is 0 Å². The third-order valence-electron chi connectivity index (χ3n) is 3.95. The Morgan fingerprint density at radius 2 is 2.04 bits per heavy atom. The van der Waals surface area contributed by atoms with Crippen LogP contribution in [0.3, 0.4) is 0 Å². The highest BCUT2D eigenvalue weighted by molar-refractivity contribution is 5.77. The van der Waals surface area contributed by atoms with Gasteiger partial charge in [-0.2, -0.15) is 0 Å². The Morgan fingerprint density at radius 1 is 1.36 bits per heavy atom. The van der Waals surface area contributed by atoms with E-state index < -0.39 is 29.8 Å². The van der Waals surface area contributed by atoms with Gasteiger partial charge < -0.3 is 19.6 Å². The van der Waals surface area contributed by atoms with Crippen LogP contribution >= 0.6 is 0 Å². The van der Waals surface area contributed by atoms with Gasteiger partial charge >= 0.3 is 12.1 Å². The second kappa shape index (κ2) is 8.14. The minimum Gasteiger partial charge on any atom is -0.460 e. The van der Waals surface area contributed by atoms with Gasteiger partial charge in [0.1, 0.15) is 18.0 Å². The first-order chi connectivity index (χ1) is 11.8.